The molecule has 2 aromatic carbocycles. The zero-order valence-electron chi connectivity index (χ0n) is 20.4. The van der Waals surface area contributed by atoms with E-state index in [2.05, 4.69) is 49.0 Å². The van der Waals surface area contributed by atoms with Gasteiger partial charge in [-0.05, 0) is 93.1 Å². The summed E-state index contributed by atoms with van der Waals surface area (Å²) in [6.45, 7) is 2.49. The third-order valence-electron chi connectivity index (χ3n) is 7.09. The van der Waals surface area contributed by atoms with Gasteiger partial charge < -0.3 is 26.0 Å². The highest BCUT2D eigenvalue weighted by Crippen LogP contribution is 2.31. The van der Waals surface area contributed by atoms with Crippen LogP contribution in [0.15, 0.2) is 42.6 Å². The summed E-state index contributed by atoms with van der Waals surface area (Å²) in [7, 11) is 1.53. The molecule has 4 N–H and O–H groups in total. The second-order valence-corrected chi connectivity index (χ2v) is 9.81. The quantitative estimate of drug-likeness (QED) is 0.275. The number of rotatable bonds is 6. The van der Waals surface area contributed by atoms with Gasteiger partial charge in [-0.25, -0.2) is 4.98 Å². The SMILES string of the molecule is CNC(=O)c1cc(O)ccc1Nc1nc(Nc2ccc3c(c2)CCC(N2CCCC2)CC3)ncc1Cl. The molecule has 9 heteroatoms. The maximum absolute atomic E-state index is 12.3. The molecule has 1 aromatic heterocycles. The summed E-state index contributed by atoms with van der Waals surface area (Å²) in [4.78, 5) is 23.8. The van der Waals surface area contributed by atoms with Crippen molar-refractivity contribution in [1.29, 1.82) is 0 Å². The van der Waals surface area contributed by atoms with E-state index in [-0.39, 0.29) is 17.2 Å². The zero-order valence-corrected chi connectivity index (χ0v) is 21.1. The van der Waals surface area contributed by atoms with Gasteiger partial charge in [0.25, 0.3) is 5.91 Å². The number of anilines is 4. The minimum absolute atomic E-state index is 0.00903. The number of amides is 1. The number of halogens is 1. The van der Waals surface area contributed by atoms with Crippen LogP contribution in [0.5, 0.6) is 5.75 Å². The van der Waals surface area contributed by atoms with Crippen LogP contribution in [0.25, 0.3) is 0 Å². The minimum Gasteiger partial charge on any atom is -0.508 e. The number of hydrogen-bond acceptors (Lipinski definition) is 7. The van der Waals surface area contributed by atoms with Crippen molar-refractivity contribution in [3.63, 3.8) is 0 Å². The van der Waals surface area contributed by atoms with E-state index < -0.39 is 0 Å². The number of benzene rings is 2. The standard InChI is InChI=1S/C27H31ClN6O2/c1-29-26(36)22-15-21(35)10-11-24(22)32-25-23(28)16-30-27(33-25)31-19-7-4-17-5-8-20(9-6-18(17)14-19)34-12-2-3-13-34/h4,7,10-11,14-16,20,35H,2-3,5-6,8-9,12-13H2,1H3,(H,29,36)(H2,30,31,32,33). The first-order valence-electron chi connectivity index (χ1n) is 12.5. The van der Waals surface area contributed by atoms with Gasteiger partial charge in [0, 0.05) is 18.8 Å². The number of nitrogens with one attached hydrogen (secondary N) is 3. The van der Waals surface area contributed by atoms with Crippen molar-refractivity contribution < 1.29 is 9.90 Å². The van der Waals surface area contributed by atoms with Gasteiger partial charge in [-0.3, -0.25) is 4.79 Å². The average Bonchev–Trinajstić information content (AvgIpc) is 3.34. The first-order valence-corrected chi connectivity index (χ1v) is 12.9. The normalized spacial score (nSPS) is 17.8. The Balaban J connectivity index is 1.32. The third kappa shape index (κ3) is 5.39. The Morgan fingerprint density at radius 1 is 1.06 bits per heavy atom. The summed E-state index contributed by atoms with van der Waals surface area (Å²) in [5.41, 5.74) is 4.48. The van der Waals surface area contributed by atoms with Crippen LogP contribution in [0.2, 0.25) is 5.02 Å². The minimum atomic E-state index is -0.339. The molecule has 0 bridgehead atoms. The van der Waals surface area contributed by atoms with Crippen molar-refractivity contribution >= 4 is 40.6 Å². The summed E-state index contributed by atoms with van der Waals surface area (Å²) in [5, 5.41) is 19.1. The number of phenols is 1. The summed E-state index contributed by atoms with van der Waals surface area (Å²) >= 11 is 6.36. The van der Waals surface area contributed by atoms with Crippen LogP contribution >= 0.6 is 11.6 Å². The predicted octanol–water partition coefficient (Wildman–Crippen LogP) is 5.03. The second kappa shape index (κ2) is 10.7. The Hall–Kier alpha value is -3.36. The van der Waals surface area contributed by atoms with Crippen LogP contribution in [0.4, 0.5) is 23.1 Å². The fourth-order valence-corrected chi connectivity index (χ4v) is 5.31. The van der Waals surface area contributed by atoms with Gasteiger partial charge >= 0.3 is 0 Å². The lowest BCUT2D eigenvalue weighted by Gasteiger charge is -2.25. The molecule has 1 fully saturated rings. The highest BCUT2D eigenvalue weighted by Gasteiger charge is 2.24. The highest BCUT2D eigenvalue weighted by molar-refractivity contribution is 6.33. The van der Waals surface area contributed by atoms with Crippen molar-refractivity contribution in [2.45, 2.75) is 44.6 Å². The van der Waals surface area contributed by atoms with Gasteiger partial charge in [-0.2, -0.15) is 4.98 Å². The van der Waals surface area contributed by atoms with Gasteiger partial charge in [0.1, 0.15) is 10.8 Å². The number of hydrogen-bond donors (Lipinski definition) is 4. The van der Waals surface area contributed by atoms with E-state index in [4.69, 9.17) is 11.6 Å². The molecule has 3 aromatic rings. The summed E-state index contributed by atoms with van der Waals surface area (Å²) in [6, 6.07) is 11.7. The van der Waals surface area contributed by atoms with E-state index in [0.29, 0.717) is 28.5 Å². The summed E-state index contributed by atoms with van der Waals surface area (Å²) in [5.74, 6) is 0.401. The molecule has 36 heavy (non-hydrogen) atoms. The lowest BCUT2D eigenvalue weighted by atomic mass is 10.0. The fraction of sp³-hybridized carbons (Fsp3) is 0.370. The molecular weight excluding hydrogens is 476 g/mol. The van der Waals surface area contributed by atoms with Crippen LogP contribution in [0.3, 0.4) is 0 Å². The lowest BCUT2D eigenvalue weighted by Crippen LogP contribution is -2.32. The number of nitrogens with zero attached hydrogens (tertiary/aromatic N) is 3. The first-order chi connectivity index (χ1) is 17.5. The Morgan fingerprint density at radius 3 is 2.61 bits per heavy atom. The molecule has 2 heterocycles. The third-order valence-corrected chi connectivity index (χ3v) is 7.36. The molecule has 1 aliphatic heterocycles. The number of aryl methyl sites for hydroxylation is 2. The summed E-state index contributed by atoms with van der Waals surface area (Å²) < 4.78 is 0. The van der Waals surface area contributed by atoms with Crippen LogP contribution in [0.1, 0.15) is 47.2 Å². The number of aromatic nitrogens is 2. The molecule has 1 aliphatic carbocycles. The van der Waals surface area contributed by atoms with E-state index >= 15 is 0 Å². The number of carbonyl (C=O) groups is 1. The molecule has 0 spiro atoms. The van der Waals surface area contributed by atoms with E-state index in [0.717, 1.165) is 18.5 Å². The molecule has 188 valence electrons. The highest BCUT2D eigenvalue weighted by atomic mass is 35.5. The molecule has 8 nitrogen and oxygen atoms in total. The van der Waals surface area contributed by atoms with Gasteiger partial charge in [0.05, 0.1) is 17.4 Å². The molecule has 0 saturated carbocycles. The second-order valence-electron chi connectivity index (χ2n) is 9.41. The number of fused-ring (bicyclic) bond motifs is 1. The zero-order chi connectivity index (χ0) is 25.1. The smallest absolute Gasteiger partial charge is 0.253 e. The van der Waals surface area contributed by atoms with Gasteiger partial charge in [-0.1, -0.05) is 17.7 Å². The Kier molecular flexibility index (Phi) is 7.25. The van der Waals surface area contributed by atoms with E-state index in [1.165, 1.54) is 75.3 Å². The monoisotopic (exact) mass is 506 g/mol. The molecule has 1 saturated heterocycles. The fourth-order valence-electron chi connectivity index (χ4n) is 5.18. The van der Waals surface area contributed by atoms with E-state index in [9.17, 15) is 9.90 Å². The Labute approximate surface area is 216 Å². The number of carbonyl (C=O) groups excluding carboxylic acids is 1. The van der Waals surface area contributed by atoms with E-state index in [1.54, 1.807) is 6.07 Å². The molecular formula is C27H31ClN6O2. The number of phenolic OH excluding ortho intramolecular Hbond substituents is 1. The molecule has 0 radical (unpaired) electrons. The maximum Gasteiger partial charge on any atom is 0.253 e. The van der Waals surface area contributed by atoms with Crippen molar-refractivity contribution in [1.82, 2.24) is 20.2 Å². The number of aromatic hydroxyl groups is 1. The molecule has 1 atom stereocenters. The van der Waals surface area contributed by atoms with Crippen LogP contribution in [0, 0.1) is 0 Å². The predicted molar refractivity (Wildman–Crippen MR) is 143 cm³/mol. The largest absolute Gasteiger partial charge is 0.508 e. The Bertz CT molecular complexity index is 1260. The van der Waals surface area contributed by atoms with Gasteiger partial charge in [-0.15, -0.1) is 0 Å². The molecule has 1 unspecified atom stereocenters. The molecule has 2 aliphatic rings. The van der Waals surface area contributed by atoms with Crippen molar-refractivity contribution in [2.24, 2.45) is 0 Å². The summed E-state index contributed by atoms with van der Waals surface area (Å²) in [6.07, 6.45) is 8.78. The van der Waals surface area contributed by atoms with Crippen LogP contribution < -0.4 is 16.0 Å². The first kappa shape index (κ1) is 24.3. The van der Waals surface area contributed by atoms with Crippen molar-refractivity contribution in [2.75, 3.05) is 30.8 Å². The van der Waals surface area contributed by atoms with Gasteiger partial charge in [0.15, 0.2) is 5.82 Å². The van der Waals surface area contributed by atoms with Crippen molar-refractivity contribution in [3.05, 3.63) is 64.3 Å². The average molecular weight is 507 g/mol. The number of likely N-dealkylation sites (tertiary alicyclic amines) is 1. The van der Waals surface area contributed by atoms with Gasteiger partial charge in [0.2, 0.25) is 5.95 Å². The molecule has 5 rings (SSSR count). The van der Waals surface area contributed by atoms with Crippen LogP contribution in [-0.4, -0.2) is 52.1 Å². The molecule has 1 amide bonds. The maximum atomic E-state index is 12.3. The van der Waals surface area contributed by atoms with Crippen LogP contribution in [-0.2, 0) is 12.8 Å². The Morgan fingerprint density at radius 2 is 1.83 bits per heavy atom. The topological polar surface area (TPSA) is 102 Å². The lowest BCUT2D eigenvalue weighted by molar-refractivity contribution is 0.0963. The van der Waals surface area contributed by atoms with E-state index in [1.807, 2.05) is 0 Å². The van der Waals surface area contributed by atoms with Crippen molar-refractivity contribution in [3.8, 4) is 5.75 Å².